The second-order valence-corrected chi connectivity index (χ2v) is 6.94. The molecule has 1 aromatic rings. The van der Waals surface area contributed by atoms with Crippen LogP contribution in [0, 0.1) is 0 Å². The molecule has 1 aromatic heterocycles. The van der Waals surface area contributed by atoms with Crippen LogP contribution in [0.1, 0.15) is 32.1 Å². The van der Waals surface area contributed by atoms with Crippen molar-refractivity contribution < 1.29 is 13.5 Å². The second-order valence-electron chi connectivity index (χ2n) is 5.13. The Balaban J connectivity index is 2.37. The normalized spacial score (nSPS) is 17.1. The fourth-order valence-corrected chi connectivity index (χ4v) is 4.53. The maximum atomic E-state index is 12.9. The number of pyridine rings is 1. The van der Waals surface area contributed by atoms with E-state index in [-0.39, 0.29) is 29.9 Å². The quantitative estimate of drug-likeness (QED) is 0.526. The van der Waals surface area contributed by atoms with Gasteiger partial charge in [0.15, 0.2) is 5.03 Å². The van der Waals surface area contributed by atoms with Gasteiger partial charge in [0.1, 0.15) is 0 Å². The molecule has 118 valence electrons. The summed E-state index contributed by atoms with van der Waals surface area (Å²) < 4.78 is 27.1. The average molecular weight is 314 g/mol. The lowest BCUT2D eigenvalue weighted by molar-refractivity contribution is 0.199. The summed E-state index contributed by atoms with van der Waals surface area (Å²) in [6, 6.07) is 3.10. The van der Waals surface area contributed by atoms with Crippen LogP contribution in [-0.4, -0.2) is 42.0 Å². The zero-order valence-electron chi connectivity index (χ0n) is 11.9. The molecule has 7 nitrogen and oxygen atoms in total. The number of sulfonamides is 1. The van der Waals surface area contributed by atoms with Crippen LogP contribution < -0.4 is 11.3 Å². The SMILES string of the molecule is NNc1cccnc1S(=O)(=O)N(CCO)C1CCCCC1. The number of aromatic nitrogens is 1. The third kappa shape index (κ3) is 3.52. The van der Waals surface area contributed by atoms with E-state index in [9.17, 15) is 13.5 Å². The van der Waals surface area contributed by atoms with Gasteiger partial charge in [-0.15, -0.1) is 0 Å². The van der Waals surface area contributed by atoms with Gasteiger partial charge in [0.2, 0.25) is 0 Å². The summed E-state index contributed by atoms with van der Waals surface area (Å²) in [6.45, 7) is -0.137. The number of rotatable bonds is 6. The number of nitrogens with two attached hydrogens (primary N) is 1. The van der Waals surface area contributed by atoms with Crippen molar-refractivity contribution in [3.05, 3.63) is 18.3 Å². The number of aliphatic hydroxyl groups is 1. The molecule has 1 fully saturated rings. The molecule has 0 atom stereocenters. The number of anilines is 1. The van der Waals surface area contributed by atoms with E-state index in [1.165, 1.54) is 10.5 Å². The molecule has 0 radical (unpaired) electrons. The molecular weight excluding hydrogens is 292 g/mol. The third-order valence-electron chi connectivity index (χ3n) is 3.78. The number of hydrogen-bond donors (Lipinski definition) is 3. The van der Waals surface area contributed by atoms with Gasteiger partial charge in [0.25, 0.3) is 10.0 Å². The number of nitrogens with one attached hydrogen (secondary N) is 1. The van der Waals surface area contributed by atoms with Crippen molar-refractivity contribution in [3.63, 3.8) is 0 Å². The van der Waals surface area contributed by atoms with Gasteiger partial charge in [-0.2, -0.15) is 4.31 Å². The Hall–Kier alpha value is -1.22. The first-order valence-electron chi connectivity index (χ1n) is 7.15. The van der Waals surface area contributed by atoms with Crippen LogP contribution in [0.25, 0.3) is 0 Å². The van der Waals surface area contributed by atoms with Crippen molar-refractivity contribution in [2.75, 3.05) is 18.6 Å². The molecule has 0 aromatic carbocycles. The fourth-order valence-electron chi connectivity index (χ4n) is 2.78. The molecule has 21 heavy (non-hydrogen) atoms. The van der Waals surface area contributed by atoms with E-state index in [1.807, 2.05) is 0 Å². The highest BCUT2D eigenvalue weighted by atomic mass is 32.2. The molecule has 8 heteroatoms. The van der Waals surface area contributed by atoms with E-state index in [0.717, 1.165) is 32.1 Å². The van der Waals surface area contributed by atoms with Gasteiger partial charge in [-0.1, -0.05) is 19.3 Å². The monoisotopic (exact) mass is 314 g/mol. The summed E-state index contributed by atoms with van der Waals surface area (Å²) in [5, 5.41) is 9.15. The fraction of sp³-hybridized carbons (Fsp3) is 0.615. The van der Waals surface area contributed by atoms with Crippen LogP contribution in [0.5, 0.6) is 0 Å². The second kappa shape index (κ2) is 7.17. The van der Waals surface area contributed by atoms with Crippen molar-refractivity contribution in [1.29, 1.82) is 0 Å². The number of hydrogen-bond acceptors (Lipinski definition) is 6. The molecule has 0 unspecified atom stereocenters. The van der Waals surface area contributed by atoms with Gasteiger partial charge >= 0.3 is 0 Å². The molecule has 1 heterocycles. The smallest absolute Gasteiger partial charge is 0.263 e. The Morgan fingerprint density at radius 1 is 1.38 bits per heavy atom. The predicted molar refractivity (Wildman–Crippen MR) is 79.9 cm³/mol. The molecule has 0 aliphatic heterocycles. The minimum atomic E-state index is -3.79. The van der Waals surface area contributed by atoms with Crippen molar-refractivity contribution in [1.82, 2.24) is 9.29 Å². The van der Waals surface area contributed by atoms with Crippen LogP contribution in [0.2, 0.25) is 0 Å². The molecule has 2 rings (SSSR count). The number of hydrazine groups is 1. The van der Waals surface area contributed by atoms with Gasteiger partial charge in [-0.25, -0.2) is 13.4 Å². The van der Waals surface area contributed by atoms with Crippen LogP contribution in [-0.2, 0) is 10.0 Å². The summed E-state index contributed by atoms with van der Waals surface area (Å²) in [7, 11) is -3.79. The first-order valence-corrected chi connectivity index (χ1v) is 8.59. The standard InChI is InChI=1S/C13H22N4O3S/c14-16-12-7-4-8-15-13(12)21(19,20)17(9-10-18)11-5-2-1-3-6-11/h4,7-8,11,16,18H,1-3,5-6,9-10,14H2. The Morgan fingerprint density at radius 3 is 2.71 bits per heavy atom. The Bertz CT molecular complexity index is 558. The van der Waals surface area contributed by atoms with E-state index < -0.39 is 10.0 Å². The predicted octanol–water partition coefficient (Wildman–Crippen LogP) is 0.683. The summed E-state index contributed by atoms with van der Waals surface area (Å²) in [5.74, 6) is 5.38. The van der Waals surface area contributed by atoms with E-state index >= 15 is 0 Å². The van der Waals surface area contributed by atoms with Crippen LogP contribution in [0.15, 0.2) is 23.4 Å². The van der Waals surface area contributed by atoms with Crippen LogP contribution in [0.3, 0.4) is 0 Å². The average Bonchev–Trinajstić information content (AvgIpc) is 2.53. The zero-order valence-corrected chi connectivity index (χ0v) is 12.7. The van der Waals surface area contributed by atoms with Crippen molar-refractivity contribution in [2.24, 2.45) is 5.84 Å². The third-order valence-corrected chi connectivity index (χ3v) is 5.69. The highest BCUT2D eigenvalue weighted by Gasteiger charge is 2.34. The topological polar surface area (TPSA) is 109 Å². The molecule has 1 saturated carbocycles. The van der Waals surface area contributed by atoms with Crippen molar-refractivity contribution >= 4 is 15.7 Å². The Labute approximate surface area is 125 Å². The summed E-state index contributed by atoms with van der Waals surface area (Å²) in [6.07, 6.45) is 6.20. The van der Waals surface area contributed by atoms with Crippen molar-refractivity contribution in [2.45, 2.75) is 43.2 Å². The number of nitrogens with zero attached hydrogens (tertiary/aromatic N) is 2. The van der Waals surface area contributed by atoms with Crippen molar-refractivity contribution in [3.8, 4) is 0 Å². The summed E-state index contributed by atoms with van der Waals surface area (Å²) in [5.41, 5.74) is 2.63. The largest absolute Gasteiger partial charge is 0.395 e. The molecule has 0 amide bonds. The van der Waals surface area contributed by atoms with E-state index in [4.69, 9.17) is 5.84 Å². The van der Waals surface area contributed by atoms with Crippen LogP contribution in [0.4, 0.5) is 5.69 Å². The zero-order chi connectivity index (χ0) is 15.3. The minimum Gasteiger partial charge on any atom is -0.395 e. The molecule has 0 spiro atoms. The summed E-state index contributed by atoms with van der Waals surface area (Å²) >= 11 is 0. The number of aliphatic hydroxyl groups excluding tert-OH is 1. The lowest BCUT2D eigenvalue weighted by Crippen LogP contribution is -2.43. The lowest BCUT2D eigenvalue weighted by Gasteiger charge is -2.33. The molecule has 4 N–H and O–H groups in total. The first-order chi connectivity index (χ1) is 10.1. The van der Waals surface area contributed by atoms with E-state index in [2.05, 4.69) is 10.4 Å². The highest BCUT2D eigenvalue weighted by Crippen LogP contribution is 2.29. The molecular formula is C13H22N4O3S. The Morgan fingerprint density at radius 2 is 2.10 bits per heavy atom. The van der Waals surface area contributed by atoms with E-state index in [1.54, 1.807) is 12.1 Å². The molecule has 1 aliphatic carbocycles. The van der Waals surface area contributed by atoms with Crippen LogP contribution >= 0.6 is 0 Å². The van der Waals surface area contributed by atoms with Gasteiger partial charge in [-0.3, -0.25) is 5.84 Å². The van der Waals surface area contributed by atoms with Gasteiger partial charge in [0.05, 0.1) is 12.3 Å². The Kier molecular flexibility index (Phi) is 5.51. The molecule has 0 saturated heterocycles. The molecule has 1 aliphatic rings. The van der Waals surface area contributed by atoms with E-state index in [0.29, 0.717) is 0 Å². The highest BCUT2D eigenvalue weighted by molar-refractivity contribution is 7.89. The van der Waals surface area contributed by atoms with Gasteiger partial charge in [0, 0.05) is 18.8 Å². The summed E-state index contributed by atoms with van der Waals surface area (Å²) in [4.78, 5) is 3.97. The lowest BCUT2D eigenvalue weighted by atomic mass is 9.95. The van der Waals surface area contributed by atoms with Gasteiger partial charge in [-0.05, 0) is 25.0 Å². The number of nitrogen functional groups attached to an aromatic ring is 1. The first kappa shape index (κ1) is 16.2. The minimum absolute atomic E-state index is 0.0770. The molecule has 0 bridgehead atoms. The maximum Gasteiger partial charge on any atom is 0.263 e. The maximum absolute atomic E-state index is 12.9. The van der Waals surface area contributed by atoms with Gasteiger partial charge < -0.3 is 10.5 Å².